The van der Waals surface area contributed by atoms with E-state index in [9.17, 15) is 4.79 Å². The van der Waals surface area contributed by atoms with E-state index in [0.29, 0.717) is 36.1 Å². The molecule has 0 radical (unpaired) electrons. The molecule has 2 aromatic heterocycles. The van der Waals surface area contributed by atoms with Gasteiger partial charge in [0.2, 0.25) is 5.91 Å². The van der Waals surface area contributed by atoms with Crippen molar-refractivity contribution in [3.63, 3.8) is 0 Å². The van der Waals surface area contributed by atoms with Gasteiger partial charge in [0.15, 0.2) is 5.82 Å². The highest BCUT2D eigenvalue weighted by molar-refractivity contribution is 5.76. The number of carbonyl (C=O) groups is 1. The first-order valence-corrected chi connectivity index (χ1v) is 7.00. The summed E-state index contributed by atoms with van der Waals surface area (Å²) in [5.41, 5.74) is 7.45. The van der Waals surface area contributed by atoms with E-state index in [1.807, 2.05) is 37.1 Å². The zero-order chi connectivity index (χ0) is 16.1. The van der Waals surface area contributed by atoms with E-state index in [0.717, 1.165) is 5.56 Å². The van der Waals surface area contributed by atoms with Gasteiger partial charge in [0.05, 0.1) is 0 Å². The molecular weight excluding hydrogens is 280 g/mol. The van der Waals surface area contributed by atoms with Crippen LogP contribution in [0, 0.1) is 6.92 Å². The SMILES string of the molecule is CNC(=O)CCN(C)c1nc(-c2ccccn2)nc(N)c1C. The van der Waals surface area contributed by atoms with Crippen LogP contribution in [-0.4, -0.2) is 41.5 Å². The molecule has 1 amide bonds. The van der Waals surface area contributed by atoms with Crippen molar-refractivity contribution in [1.29, 1.82) is 0 Å². The molecule has 0 saturated carbocycles. The van der Waals surface area contributed by atoms with Gasteiger partial charge in [-0.1, -0.05) is 6.07 Å². The van der Waals surface area contributed by atoms with E-state index in [1.165, 1.54) is 0 Å². The quantitative estimate of drug-likeness (QED) is 0.855. The lowest BCUT2D eigenvalue weighted by Gasteiger charge is -2.21. The number of rotatable bonds is 5. The minimum absolute atomic E-state index is 0.0171. The zero-order valence-electron chi connectivity index (χ0n) is 13.0. The maximum absolute atomic E-state index is 11.4. The second-order valence-corrected chi connectivity index (χ2v) is 4.94. The van der Waals surface area contributed by atoms with Crippen molar-refractivity contribution in [2.45, 2.75) is 13.3 Å². The average Bonchev–Trinajstić information content (AvgIpc) is 2.55. The Balaban J connectivity index is 2.31. The Morgan fingerprint density at radius 3 is 2.77 bits per heavy atom. The molecule has 116 valence electrons. The largest absolute Gasteiger partial charge is 0.383 e. The Hall–Kier alpha value is -2.70. The summed E-state index contributed by atoms with van der Waals surface area (Å²) in [6, 6.07) is 5.53. The third-order valence-corrected chi connectivity index (χ3v) is 3.37. The lowest BCUT2D eigenvalue weighted by atomic mass is 10.2. The fourth-order valence-electron chi connectivity index (χ4n) is 2.00. The van der Waals surface area contributed by atoms with Crippen LogP contribution in [0.3, 0.4) is 0 Å². The van der Waals surface area contributed by atoms with Crippen molar-refractivity contribution in [3.05, 3.63) is 30.0 Å². The number of hydrogen-bond donors (Lipinski definition) is 2. The third-order valence-electron chi connectivity index (χ3n) is 3.37. The van der Waals surface area contributed by atoms with E-state index < -0.39 is 0 Å². The lowest BCUT2D eigenvalue weighted by Crippen LogP contribution is -2.27. The van der Waals surface area contributed by atoms with E-state index in [1.54, 1.807) is 13.2 Å². The number of anilines is 2. The van der Waals surface area contributed by atoms with E-state index in [2.05, 4.69) is 20.3 Å². The molecule has 22 heavy (non-hydrogen) atoms. The molecule has 3 N–H and O–H groups in total. The average molecular weight is 300 g/mol. The van der Waals surface area contributed by atoms with Crippen molar-refractivity contribution in [3.8, 4) is 11.5 Å². The number of amides is 1. The van der Waals surface area contributed by atoms with Crippen LogP contribution in [0.2, 0.25) is 0 Å². The highest BCUT2D eigenvalue weighted by Gasteiger charge is 2.15. The Labute approximate surface area is 129 Å². The smallest absolute Gasteiger partial charge is 0.221 e. The maximum atomic E-state index is 11.4. The molecule has 0 unspecified atom stereocenters. The van der Waals surface area contributed by atoms with E-state index in [4.69, 9.17) is 5.73 Å². The molecule has 0 bridgehead atoms. The second kappa shape index (κ2) is 6.84. The number of nitrogens with one attached hydrogen (secondary N) is 1. The second-order valence-electron chi connectivity index (χ2n) is 4.94. The first-order valence-electron chi connectivity index (χ1n) is 7.00. The summed E-state index contributed by atoms with van der Waals surface area (Å²) in [6.07, 6.45) is 2.07. The number of pyridine rings is 1. The van der Waals surface area contributed by atoms with Crippen LogP contribution in [0.4, 0.5) is 11.6 Å². The molecule has 7 heteroatoms. The molecular formula is C15H20N6O. The van der Waals surface area contributed by atoms with Crippen LogP contribution < -0.4 is 16.0 Å². The summed E-state index contributed by atoms with van der Waals surface area (Å²) in [4.78, 5) is 26.4. The molecule has 0 aliphatic rings. The van der Waals surface area contributed by atoms with Gasteiger partial charge in [-0.15, -0.1) is 0 Å². The van der Waals surface area contributed by atoms with Gasteiger partial charge in [-0.3, -0.25) is 9.78 Å². The number of hydrogen-bond acceptors (Lipinski definition) is 6. The normalized spacial score (nSPS) is 10.3. The molecule has 0 aliphatic carbocycles. The van der Waals surface area contributed by atoms with Gasteiger partial charge in [-0.2, -0.15) is 0 Å². The Bertz CT molecular complexity index is 659. The molecule has 2 rings (SSSR count). The van der Waals surface area contributed by atoms with Crippen LogP contribution in [-0.2, 0) is 4.79 Å². The highest BCUT2D eigenvalue weighted by atomic mass is 16.1. The van der Waals surface area contributed by atoms with Crippen LogP contribution in [0.15, 0.2) is 24.4 Å². The van der Waals surface area contributed by atoms with Crippen molar-refractivity contribution >= 4 is 17.5 Å². The first kappa shape index (κ1) is 15.7. The monoisotopic (exact) mass is 300 g/mol. The molecule has 0 saturated heterocycles. The minimum Gasteiger partial charge on any atom is -0.383 e. The summed E-state index contributed by atoms with van der Waals surface area (Å²) in [5, 5.41) is 2.60. The van der Waals surface area contributed by atoms with Crippen LogP contribution in [0.5, 0.6) is 0 Å². The molecule has 0 atom stereocenters. The van der Waals surface area contributed by atoms with Gasteiger partial charge in [0.25, 0.3) is 0 Å². The molecule has 0 fully saturated rings. The van der Waals surface area contributed by atoms with Crippen molar-refractivity contribution in [2.75, 3.05) is 31.3 Å². The number of nitrogens with two attached hydrogens (primary N) is 1. The molecule has 7 nitrogen and oxygen atoms in total. The summed E-state index contributed by atoms with van der Waals surface area (Å²) in [7, 11) is 3.50. The third kappa shape index (κ3) is 3.49. The number of nitrogens with zero attached hydrogens (tertiary/aromatic N) is 4. The molecule has 0 aromatic carbocycles. The van der Waals surface area contributed by atoms with Crippen molar-refractivity contribution in [2.24, 2.45) is 0 Å². The van der Waals surface area contributed by atoms with Crippen molar-refractivity contribution in [1.82, 2.24) is 20.3 Å². The highest BCUT2D eigenvalue weighted by Crippen LogP contribution is 2.24. The van der Waals surface area contributed by atoms with Gasteiger partial charge in [-0.05, 0) is 19.1 Å². The molecule has 2 aromatic rings. The number of carbonyl (C=O) groups excluding carboxylic acids is 1. The molecule has 0 spiro atoms. The molecule has 2 heterocycles. The first-order chi connectivity index (χ1) is 10.5. The van der Waals surface area contributed by atoms with Crippen molar-refractivity contribution < 1.29 is 4.79 Å². The predicted molar refractivity (Wildman–Crippen MR) is 86.4 cm³/mol. The standard InChI is InChI=1S/C15H20N6O/c1-10-13(16)19-14(11-6-4-5-8-18-11)20-15(10)21(3)9-7-12(22)17-2/h4-6,8H,7,9H2,1-3H3,(H,17,22)(H2,16,19,20). The summed E-state index contributed by atoms with van der Waals surface area (Å²) < 4.78 is 0. The van der Waals surface area contributed by atoms with Gasteiger partial charge >= 0.3 is 0 Å². The summed E-state index contributed by atoms with van der Waals surface area (Å²) >= 11 is 0. The van der Waals surface area contributed by atoms with Gasteiger partial charge in [-0.25, -0.2) is 9.97 Å². The Morgan fingerprint density at radius 2 is 2.14 bits per heavy atom. The fourth-order valence-corrected chi connectivity index (χ4v) is 2.00. The number of aromatic nitrogens is 3. The Kier molecular flexibility index (Phi) is 4.88. The van der Waals surface area contributed by atoms with Crippen LogP contribution in [0.1, 0.15) is 12.0 Å². The van der Waals surface area contributed by atoms with E-state index >= 15 is 0 Å². The van der Waals surface area contributed by atoms with Gasteiger partial charge in [0.1, 0.15) is 17.3 Å². The lowest BCUT2D eigenvalue weighted by molar-refractivity contribution is -0.120. The zero-order valence-corrected chi connectivity index (χ0v) is 13.0. The van der Waals surface area contributed by atoms with Gasteiger partial charge < -0.3 is 16.0 Å². The van der Waals surface area contributed by atoms with Gasteiger partial charge in [0, 0.05) is 38.8 Å². The van der Waals surface area contributed by atoms with E-state index in [-0.39, 0.29) is 5.91 Å². The minimum atomic E-state index is -0.0171. The van der Waals surface area contributed by atoms with Crippen LogP contribution >= 0.6 is 0 Å². The van der Waals surface area contributed by atoms with Crippen LogP contribution in [0.25, 0.3) is 11.5 Å². The maximum Gasteiger partial charge on any atom is 0.221 e. The fraction of sp³-hybridized carbons (Fsp3) is 0.333. The topological polar surface area (TPSA) is 97.0 Å². The number of nitrogen functional groups attached to an aromatic ring is 1. The Morgan fingerprint density at radius 1 is 1.36 bits per heavy atom. The summed E-state index contributed by atoms with van der Waals surface area (Å²) in [6.45, 7) is 2.40. The molecule has 0 aliphatic heterocycles. The summed E-state index contributed by atoms with van der Waals surface area (Å²) in [5.74, 6) is 1.58. The predicted octanol–water partition coefficient (Wildman–Crippen LogP) is 1.00.